The van der Waals surface area contributed by atoms with Crippen LogP contribution < -0.4 is 10.1 Å². The zero-order chi connectivity index (χ0) is 18.5. The van der Waals surface area contributed by atoms with E-state index >= 15 is 0 Å². The molecule has 0 fully saturated rings. The molecule has 0 aliphatic carbocycles. The Bertz CT molecular complexity index is 893. The van der Waals surface area contributed by atoms with Gasteiger partial charge < -0.3 is 14.6 Å². The lowest BCUT2D eigenvalue weighted by molar-refractivity contribution is 0.0928. The van der Waals surface area contributed by atoms with Crippen LogP contribution in [0.15, 0.2) is 53.1 Å². The molecule has 1 heterocycles. The number of carbonyl (C=O) groups excluding carboxylic acids is 1. The number of halogens is 1. The van der Waals surface area contributed by atoms with E-state index in [0.29, 0.717) is 34.7 Å². The van der Waals surface area contributed by atoms with E-state index in [0.717, 1.165) is 5.56 Å². The van der Waals surface area contributed by atoms with E-state index < -0.39 is 6.04 Å². The van der Waals surface area contributed by atoms with Gasteiger partial charge >= 0.3 is 0 Å². The van der Waals surface area contributed by atoms with Crippen molar-refractivity contribution in [2.24, 2.45) is 0 Å². The first-order valence-electron chi connectivity index (χ1n) is 8.20. The summed E-state index contributed by atoms with van der Waals surface area (Å²) in [5.74, 6) is 1.02. The zero-order valence-corrected chi connectivity index (χ0v) is 15.2. The van der Waals surface area contributed by atoms with E-state index in [1.165, 1.54) is 0 Å². The van der Waals surface area contributed by atoms with E-state index in [9.17, 15) is 4.79 Å². The molecule has 6 nitrogen and oxygen atoms in total. The second-order valence-electron chi connectivity index (χ2n) is 5.59. The number of hydrogen-bond donors (Lipinski definition) is 1. The van der Waals surface area contributed by atoms with E-state index in [2.05, 4.69) is 15.5 Å². The molecule has 134 valence electrons. The summed E-state index contributed by atoms with van der Waals surface area (Å²) in [6.07, 6.45) is 0. The SMILES string of the molecule is CCOc1ccccc1C(=O)N[C@H](C)c1nc(-c2ccc(Cl)cc2)no1. The Kier molecular flexibility index (Phi) is 5.53. The van der Waals surface area contributed by atoms with Crippen LogP contribution in [-0.2, 0) is 0 Å². The number of carbonyl (C=O) groups is 1. The van der Waals surface area contributed by atoms with Gasteiger partial charge in [-0.1, -0.05) is 28.9 Å². The molecule has 1 N–H and O–H groups in total. The van der Waals surface area contributed by atoms with Gasteiger partial charge in [0.1, 0.15) is 11.8 Å². The van der Waals surface area contributed by atoms with Crippen molar-refractivity contribution in [1.29, 1.82) is 0 Å². The number of benzene rings is 2. The molecule has 26 heavy (non-hydrogen) atoms. The third kappa shape index (κ3) is 4.03. The van der Waals surface area contributed by atoms with Crippen LogP contribution in [0.25, 0.3) is 11.4 Å². The van der Waals surface area contributed by atoms with Crippen molar-refractivity contribution in [3.8, 4) is 17.1 Å². The van der Waals surface area contributed by atoms with Gasteiger partial charge in [-0.2, -0.15) is 4.98 Å². The van der Waals surface area contributed by atoms with Crippen LogP contribution in [0.1, 0.15) is 36.1 Å². The fourth-order valence-electron chi connectivity index (χ4n) is 2.40. The van der Waals surface area contributed by atoms with Crippen LogP contribution in [0.4, 0.5) is 0 Å². The Morgan fingerprint density at radius 1 is 1.23 bits per heavy atom. The molecule has 1 amide bonds. The van der Waals surface area contributed by atoms with Crippen molar-refractivity contribution in [3.05, 3.63) is 65.0 Å². The zero-order valence-electron chi connectivity index (χ0n) is 14.4. The van der Waals surface area contributed by atoms with Gasteiger partial charge in [0.15, 0.2) is 0 Å². The maximum absolute atomic E-state index is 12.5. The minimum atomic E-state index is -0.453. The summed E-state index contributed by atoms with van der Waals surface area (Å²) in [4.78, 5) is 16.9. The molecule has 7 heteroatoms. The molecule has 0 saturated heterocycles. The lowest BCUT2D eigenvalue weighted by atomic mass is 10.1. The molecule has 3 aromatic rings. The highest BCUT2D eigenvalue weighted by molar-refractivity contribution is 6.30. The number of rotatable bonds is 6. The van der Waals surface area contributed by atoms with Crippen LogP contribution in [0.2, 0.25) is 5.02 Å². The molecule has 0 aliphatic rings. The van der Waals surface area contributed by atoms with Gasteiger partial charge in [-0.3, -0.25) is 4.79 Å². The number of aromatic nitrogens is 2. The number of hydrogen-bond acceptors (Lipinski definition) is 5. The molecule has 2 aromatic carbocycles. The third-order valence-corrected chi connectivity index (χ3v) is 3.95. The van der Waals surface area contributed by atoms with Crippen LogP contribution in [0.5, 0.6) is 5.75 Å². The van der Waals surface area contributed by atoms with Gasteiger partial charge in [-0.25, -0.2) is 0 Å². The summed E-state index contributed by atoms with van der Waals surface area (Å²) in [5, 5.41) is 7.44. The molecular formula is C19H18ClN3O3. The predicted octanol–water partition coefficient (Wildman–Crippen LogP) is 4.28. The topological polar surface area (TPSA) is 77.2 Å². The molecular weight excluding hydrogens is 354 g/mol. The molecule has 1 atom stereocenters. The molecule has 3 rings (SSSR count). The minimum Gasteiger partial charge on any atom is -0.493 e. The number of para-hydroxylation sites is 1. The summed E-state index contributed by atoms with van der Waals surface area (Å²) in [6.45, 7) is 4.13. The van der Waals surface area contributed by atoms with Crippen LogP contribution in [0, 0.1) is 0 Å². The van der Waals surface area contributed by atoms with E-state index in [4.69, 9.17) is 20.9 Å². The Labute approximate surface area is 156 Å². The minimum absolute atomic E-state index is 0.271. The van der Waals surface area contributed by atoms with Gasteiger partial charge in [-0.05, 0) is 50.2 Å². The van der Waals surface area contributed by atoms with Gasteiger partial charge in [0.2, 0.25) is 11.7 Å². The van der Waals surface area contributed by atoms with Crippen molar-refractivity contribution < 1.29 is 14.1 Å². The maximum Gasteiger partial charge on any atom is 0.255 e. The van der Waals surface area contributed by atoms with Gasteiger partial charge in [0.05, 0.1) is 12.2 Å². The molecule has 0 aliphatic heterocycles. The Morgan fingerprint density at radius 2 is 1.96 bits per heavy atom. The lowest BCUT2D eigenvalue weighted by Gasteiger charge is -2.12. The highest BCUT2D eigenvalue weighted by Crippen LogP contribution is 2.22. The van der Waals surface area contributed by atoms with Gasteiger partial charge in [-0.15, -0.1) is 0 Å². The van der Waals surface area contributed by atoms with Crippen molar-refractivity contribution in [1.82, 2.24) is 15.5 Å². The smallest absolute Gasteiger partial charge is 0.255 e. The van der Waals surface area contributed by atoms with E-state index in [1.807, 2.05) is 13.0 Å². The van der Waals surface area contributed by atoms with Gasteiger partial charge in [0, 0.05) is 10.6 Å². The molecule has 0 unspecified atom stereocenters. The summed E-state index contributed by atoms with van der Waals surface area (Å²) in [7, 11) is 0. The van der Waals surface area contributed by atoms with Crippen LogP contribution in [0.3, 0.4) is 0 Å². The molecule has 0 saturated carbocycles. The first-order chi connectivity index (χ1) is 12.6. The Hall–Kier alpha value is -2.86. The van der Waals surface area contributed by atoms with Gasteiger partial charge in [0.25, 0.3) is 5.91 Å². The van der Waals surface area contributed by atoms with Crippen molar-refractivity contribution in [2.75, 3.05) is 6.61 Å². The third-order valence-electron chi connectivity index (χ3n) is 3.69. The highest BCUT2D eigenvalue weighted by Gasteiger charge is 2.20. The molecule has 0 spiro atoms. The summed E-state index contributed by atoms with van der Waals surface area (Å²) < 4.78 is 10.8. The van der Waals surface area contributed by atoms with Crippen LogP contribution in [-0.4, -0.2) is 22.7 Å². The summed E-state index contributed by atoms with van der Waals surface area (Å²) in [5.41, 5.74) is 1.24. The lowest BCUT2D eigenvalue weighted by Crippen LogP contribution is -2.27. The number of nitrogens with one attached hydrogen (secondary N) is 1. The normalized spacial score (nSPS) is 11.8. The second-order valence-corrected chi connectivity index (χ2v) is 6.02. The monoisotopic (exact) mass is 371 g/mol. The predicted molar refractivity (Wildman–Crippen MR) is 98.2 cm³/mol. The number of ether oxygens (including phenoxy) is 1. The molecule has 1 aromatic heterocycles. The maximum atomic E-state index is 12.5. The average Bonchev–Trinajstić information content (AvgIpc) is 3.13. The fourth-order valence-corrected chi connectivity index (χ4v) is 2.53. The largest absolute Gasteiger partial charge is 0.493 e. The van der Waals surface area contributed by atoms with E-state index in [1.54, 1.807) is 49.4 Å². The number of nitrogens with zero attached hydrogens (tertiary/aromatic N) is 2. The number of amides is 1. The van der Waals surface area contributed by atoms with Crippen molar-refractivity contribution in [3.63, 3.8) is 0 Å². The first-order valence-corrected chi connectivity index (χ1v) is 8.58. The summed E-state index contributed by atoms with van der Waals surface area (Å²) >= 11 is 5.88. The first kappa shape index (κ1) is 17.9. The van der Waals surface area contributed by atoms with Crippen molar-refractivity contribution in [2.45, 2.75) is 19.9 Å². The fraction of sp³-hybridized carbons (Fsp3) is 0.211. The highest BCUT2D eigenvalue weighted by atomic mass is 35.5. The Morgan fingerprint density at radius 3 is 2.69 bits per heavy atom. The van der Waals surface area contributed by atoms with E-state index in [-0.39, 0.29) is 5.91 Å². The Balaban J connectivity index is 1.73. The molecule has 0 bridgehead atoms. The van der Waals surface area contributed by atoms with Crippen molar-refractivity contribution >= 4 is 17.5 Å². The van der Waals surface area contributed by atoms with Crippen LogP contribution >= 0.6 is 11.6 Å². The average molecular weight is 372 g/mol. The standard InChI is InChI=1S/C19H18ClN3O3/c1-3-25-16-7-5-4-6-15(16)18(24)21-12(2)19-22-17(23-26-19)13-8-10-14(20)11-9-13/h4-12H,3H2,1-2H3,(H,21,24)/t12-/m1/s1. The quantitative estimate of drug-likeness (QED) is 0.699. The molecule has 0 radical (unpaired) electrons. The summed E-state index contributed by atoms with van der Waals surface area (Å²) in [6, 6.07) is 13.7. The second kappa shape index (κ2) is 8.01.